The Bertz CT molecular complexity index is 448. The second-order valence-corrected chi connectivity index (χ2v) is 4.15. The molecule has 0 saturated carbocycles. The summed E-state index contributed by atoms with van der Waals surface area (Å²) in [5.41, 5.74) is 7.29. The molecule has 76 valence electrons. The smallest absolute Gasteiger partial charge is 0.130 e. The average Bonchev–Trinajstić information content (AvgIpc) is 2.71. The fourth-order valence-corrected chi connectivity index (χ4v) is 1.81. The van der Waals surface area contributed by atoms with Gasteiger partial charge >= 0.3 is 0 Å². The van der Waals surface area contributed by atoms with Crippen molar-refractivity contribution in [2.75, 3.05) is 5.32 Å². The number of thiocarbonyl (C=S) groups is 1. The van der Waals surface area contributed by atoms with Crippen LogP contribution in [0.4, 0.5) is 11.5 Å². The normalized spacial score (nSPS) is 9.87. The Balaban J connectivity index is 2.14. The maximum Gasteiger partial charge on any atom is 0.130 e. The first-order chi connectivity index (χ1) is 7.25. The van der Waals surface area contributed by atoms with E-state index in [1.165, 1.54) is 0 Å². The molecule has 0 radical (unpaired) electrons. The number of hydrogen-bond donors (Lipinski definition) is 2. The topological polar surface area (TPSA) is 50.9 Å². The zero-order chi connectivity index (χ0) is 10.7. The standard InChI is InChI=1S/C10H9N3S2/c11-10(14)7-1-2-9(12-5-7)13-8-3-4-15-6-8/h1-6H,(H2,11,14)(H,12,13). The summed E-state index contributed by atoms with van der Waals surface area (Å²) in [6.07, 6.45) is 1.66. The summed E-state index contributed by atoms with van der Waals surface area (Å²) in [5.74, 6) is 0.786. The molecule has 15 heavy (non-hydrogen) atoms. The van der Waals surface area contributed by atoms with Gasteiger partial charge in [0.2, 0.25) is 0 Å². The predicted molar refractivity (Wildman–Crippen MR) is 67.7 cm³/mol. The molecule has 2 rings (SSSR count). The minimum Gasteiger partial charge on any atom is -0.389 e. The van der Waals surface area contributed by atoms with Crippen LogP contribution in [0.1, 0.15) is 5.56 Å². The van der Waals surface area contributed by atoms with Gasteiger partial charge in [-0.2, -0.15) is 11.3 Å². The lowest BCUT2D eigenvalue weighted by atomic mass is 10.3. The molecule has 0 aliphatic heterocycles. The SMILES string of the molecule is NC(=S)c1ccc(Nc2ccsc2)nc1. The van der Waals surface area contributed by atoms with Crippen LogP contribution in [0.15, 0.2) is 35.2 Å². The highest BCUT2D eigenvalue weighted by molar-refractivity contribution is 7.80. The summed E-state index contributed by atoms with van der Waals surface area (Å²) < 4.78 is 0. The molecule has 2 heterocycles. The summed E-state index contributed by atoms with van der Waals surface area (Å²) >= 11 is 6.48. The van der Waals surface area contributed by atoms with Gasteiger partial charge in [-0.15, -0.1) is 0 Å². The number of anilines is 2. The van der Waals surface area contributed by atoms with E-state index in [4.69, 9.17) is 18.0 Å². The molecular weight excluding hydrogens is 226 g/mol. The number of thiophene rings is 1. The third-order valence-corrected chi connectivity index (χ3v) is 2.76. The first-order valence-corrected chi connectivity index (χ1v) is 5.66. The van der Waals surface area contributed by atoms with Crippen LogP contribution in [0, 0.1) is 0 Å². The van der Waals surface area contributed by atoms with Crippen molar-refractivity contribution in [1.29, 1.82) is 0 Å². The predicted octanol–water partition coefficient (Wildman–Crippen LogP) is 2.52. The Labute approximate surface area is 97.0 Å². The number of nitrogens with two attached hydrogens (primary N) is 1. The number of pyridine rings is 1. The number of nitrogens with zero attached hydrogens (tertiary/aromatic N) is 1. The lowest BCUT2D eigenvalue weighted by molar-refractivity contribution is 1.30. The molecule has 0 bridgehead atoms. The van der Waals surface area contributed by atoms with E-state index in [1.807, 2.05) is 29.0 Å². The molecule has 3 nitrogen and oxygen atoms in total. The molecule has 0 aromatic carbocycles. The number of nitrogens with one attached hydrogen (secondary N) is 1. The van der Waals surface area contributed by atoms with Crippen LogP contribution in [0.25, 0.3) is 0 Å². The van der Waals surface area contributed by atoms with Crippen molar-refractivity contribution in [2.45, 2.75) is 0 Å². The van der Waals surface area contributed by atoms with Gasteiger partial charge in [-0.3, -0.25) is 0 Å². The summed E-state index contributed by atoms with van der Waals surface area (Å²) in [6.45, 7) is 0. The van der Waals surface area contributed by atoms with Gasteiger partial charge in [-0.1, -0.05) is 12.2 Å². The van der Waals surface area contributed by atoms with Crippen LogP contribution in [0.3, 0.4) is 0 Å². The first kappa shape index (κ1) is 10.1. The molecule has 0 fully saturated rings. The molecule has 0 aliphatic carbocycles. The number of rotatable bonds is 3. The minimum atomic E-state index is 0.365. The van der Waals surface area contributed by atoms with Gasteiger partial charge in [0, 0.05) is 17.1 Å². The molecule has 2 aromatic rings. The van der Waals surface area contributed by atoms with Crippen molar-refractivity contribution >= 4 is 40.0 Å². The molecule has 0 aliphatic rings. The van der Waals surface area contributed by atoms with E-state index in [-0.39, 0.29) is 0 Å². The van der Waals surface area contributed by atoms with Crippen molar-refractivity contribution < 1.29 is 0 Å². The van der Waals surface area contributed by atoms with Gasteiger partial charge in [0.1, 0.15) is 10.8 Å². The van der Waals surface area contributed by atoms with E-state index >= 15 is 0 Å². The van der Waals surface area contributed by atoms with E-state index in [9.17, 15) is 0 Å². The zero-order valence-corrected chi connectivity index (χ0v) is 9.44. The minimum absolute atomic E-state index is 0.365. The molecule has 0 atom stereocenters. The fourth-order valence-electron chi connectivity index (χ4n) is 1.10. The van der Waals surface area contributed by atoms with Gasteiger partial charge in [0.25, 0.3) is 0 Å². The van der Waals surface area contributed by atoms with Crippen LogP contribution in [0.2, 0.25) is 0 Å². The highest BCUT2D eigenvalue weighted by Crippen LogP contribution is 2.17. The fraction of sp³-hybridized carbons (Fsp3) is 0. The van der Waals surface area contributed by atoms with E-state index in [1.54, 1.807) is 17.5 Å². The monoisotopic (exact) mass is 235 g/mol. The maximum atomic E-state index is 5.47. The average molecular weight is 235 g/mol. The summed E-state index contributed by atoms with van der Waals surface area (Å²) in [5, 5.41) is 7.19. The molecule has 0 unspecified atom stereocenters. The van der Waals surface area contributed by atoms with Crippen molar-refractivity contribution in [3.63, 3.8) is 0 Å². The number of aromatic nitrogens is 1. The highest BCUT2D eigenvalue weighted by atomic mass is 32.1. The van der Waals surface area contributed by atoms with Crippen LogP contribution >= 0.6 is 23.6 Å². The lowest BCUT2D eigenvalue weighted by Crippen LogP contribution is -2.09. The Morgan fingerprint density at radius 1 is 1.40 bits per heavy atom. The molecule has 3 N–H and O–H groups in total. The largest absolute Gasteiger partial charge is 0.389 e. The van der Waals surface area contributed by atoms with Crippen LogP contribution < -0.4 is 11.1 Å². The van der Waals surface area contributed by atoms with E-state index in [0.717, 1.165) is 17.1 Å². The lowest BCUT2D eigenvalue weighted by Gasteiger charge is -2.03. The van der Waals surface area contributed by atoms with Gasteiger partial charge in [0.05, 0.1) is 5.69 Å². The molecule has 0 amide bonds. The van der Waals surface area contributed by atoms with Crippen LogP contribution in [-0.2, 0) is 0 Å². The van der Waals surface area contributed by atoms with E-state index in [0.29, 0.717) is 4.99 Å². The van der Waals surface area contributed by atoms with Gasteiger partial charge in [0.15, 0.2) is 0 Å². The summed E-state index contributed by atoms with van der Waals surface area (Å²) in [7, 11) is 0. The van der Waals surface area contributed by atoms with Gasteiger partial charge in [-0.25, -0.2) is 4.98 Å². The Morgan fingerprint density at radius 2 is 2.27 bits per heavy atom. The van der Waals surface area contributed by atoms with Crippen LogP contribution in [0.5, 0.6) is 0 Å². The number of hydrogen-bond acceptors (Lipinski definition) is 4. The quantitative estimate of drug-likeness (QED) is 0.803. The molecule has 5 heteroatoms. The Kier molecular flexibility index (Phi) is 2.94. The van der Waals surface area contributed by atoms with Crippen molar-refractivity contribution in [3.05, 3.63) is 40.7 Å². The first-order valence-electron chi connectivity index (χ1n) is 4.31. The van der Waals surface area contributed by atoms with Gasteiger partial charge in [-0.05, 0) is 23.6 Å². The second kappa shape index (κ2) is 4.37. The van der Waals surface area contributed by atoms with E-state index < -0.39 is 0 Å². The molecule has 0 spiro atoms. The van der Waals surface area contributed by atoms with Crippen molar-refractivity contribution in [2.24, 2.45) is 5.73 Å². The van der Waals surface area contributed by atoms with Crippen LogP contribution in [-0.4, -0.2) is 9.97 Å². The third-order valence-electron chi connectivity index (χ3n) is 1.84. The van der Waals surface area contributed by atoms with Crippen molar-refractivity contribution in [1.82, 2.24) is 4.98 Å². The zero-order valence-electron chi connectivity index (χ0n) is 7.81. The highest BCUT2D eigenvalue weighted by Gasteiger charge is 1.98. The second-order valence-electron chi connectivity index (χ2n) is 2.93. The molecular formula is C10H9N3S2. The Morgan fingerprint density at radius 3 is 2.80 bits per heavy atom. The van der Waals surface area contributed by atoms with Crippen molar-refractivity contribution in [3.8, 4) is 0 Å². The maximum absolute atomic E-state index is 5.47. The van der Waals surface area contributed by atoms with E-state index in [2.05, 4.69) is 10.3 Å². The molecule has 0 saturated heterocycles. The van der Waals surface area contributed by atoms with Gasteiger partial charge < -0.3 is 11.1 Å². The third kappa shape index (κ3) is 2.51. The summed E-state index contributed by atoms with van der Waals surface area (Å²) in [4.78, 5) is 4.57. The Hall–Kier alpha value is -1.46. The summed E-state index contributed by atoms with van der Waals surface area (Å²) in [6, 6.07) is 5.70. The molecule has 2 aromatic heterocycles.